The molecule has 0 bridgehead atoms. The van der Waals surface area contributed by atoms with Crippen LogP contribution in [-0.2, 0) is 0 Å². The Hall–Kier alpha value is 0.480. The van der Waals surface area contributed by atoms with Crippen LogP contribution in [0.2, 0.25) is 0 Å². The van der Waals surface area contributed by atoms with E-state index >= 15 is 0 Å². The minimum Gasteiger partial charge on any atom is -0.0922 e. The zero-order valence-electron chi connectivity index (χ0n) is 7.86. The topological polar surface area (TPSA) is 0 Å². The van der Waals surface area contributed by atoms with Gasteiger partial charge in [-0.1, -0.05) is 36.7 Å². The highest BCUT2D eigenvalue weighted by atomic mass is 79.9. The van der Waals surface area contributed by atoms with Gasteiger partial charge in [-0.2, -0.15) is 0 Å². The van der Waals surface area contributed by atoms with Crippen LogP contribution >= 0.6 is 15.9 Å². The Balaban J connectivity index is 2.34. The van der Waals surface area contributed by atoms with Crippen LogP contribution in [0.25, 0.3) is 0 Å². The molecule has 66 valence electrons. The molecule has 0 aromatic carbocycles. The number of halogens is 1. The molecule has 1 fully saturated rings. The second kappa shape index (κ2) is 3.47. The molecular formula is C10H19Br. The summed E-state index contributed by atoms with van der Waals surface area (Å²) in [6.45, 7) is 7.05. The summed E-state index contributed by atoms with van der Waals surface area (Å²) in [5, 5.41) is 1.22. The van der Waals surface area contributed by atoms with Gasteiger partial charge in [0.25, 0.3) is 0 Å². The van der Waals surface area contributed by atoms with E-state index in [1.54, 1.807) is 0 Å². The van der Waals surface area contributed by atoms with E-state index in [-0.39, 0.29) is 0 Å². The summed E-state index contributed by atoms with van der Waals surface area (Å²) in [6, 6.07) is 0. The molecule has 0 amide bonds. The molecule has 0 radical (unpaired) electrons. The lowest BCUT2D eigenvalue weighted by Crippen LogP contribution is -2.16. The minimum atomic E-state index is 0.699. The average Bonchev–Trinajstić information content (AvgIpc) is 2.65. The fourth-order valence-electron chi connectivity index (χ4n) is 1.88. The largest absolute Gasteiger partial charge is 0.0922 e. The van der Waals surface area contributed by atoms with Crippen LogP contribution in [0.3, 0.4) is 0 Å². The van der Waals surface area contributed by atoms with Crippen LogP contribution in [0.4, 0.5) is 0 Å². The third-order valence-corrected chi connectivity index (χ3v) is 4.15. The lowest BCUT2D eigenvalue weighted by Gasteiger charge is -2.22. The van der Waals surface area contributed by atoms with Crippen LogP contribution in [0.15, 0.2) is 0 Å². The molecular weight excluding hydrogens is 200 g/mol. The summed E-state index contributed by atoms with van der Waals surface area (Å²) in [5.41, 5.74) is 0.699. The van der Waals surface area contributed by atoms with E-state index in [2.05, 4.69) is 36.7 Å². The highest BCUT2D eigenvalue weighted by Gasteiger charge is 2.45. The zero-order chi connectivity index (χ0) is 8.48. The third kappa shape index (κ3) is 2.21. The SMILES string of the molecule is CC(C)CC(C)C1(CBr)CC1. The van der Waals surface area contributed by atoms with E-state index in [0.29, 0.717) is 5.41 Å². The highest BCUT2D eigenvalue weighted by Crippen LogP contribution is 2.54. The Bertz CT molecular complexity index is 125. The lowest BCUT2D eigenvalue weighted by atomic mass is 9.86. The standard InChI is InChI=1S/C10H19Br/c1-8(2)6-9(3)10(7-11)4-5-10/h8-9H,4-7H2,1-3H3. The number of hydrogen-bond acceptors (Lipinski definition) is 0. The van der Waals surface area contributed by atoms with E-state index in [4.69, 9.17) is 0 Å². The number of rotatable bonds is 4. The van der Waals surface area contributed by atoms with Gasteiger partial charge >= 0.3 is 0 Å². The van der Waals surface area contributed by atoms with Gasteiger partial charge in [0.05, 0.1) is 0 Å². The lowest BCUT2D eigenvalue weighted by molar-refractivity contribution is 0.311. The molecule has 0 heterocycles. The summed E-state index contributed by atoms with van der Waals surface area (Å²) >= 11 is 3.62. The van der Waals surface area contributed by atoms with Crippen molar-refractivity contribution in [2.75, 3.05) is 5.33 Å². The van der Waals surface area contributed by atoms with Crippen LogP contribution in [-0.4, -0.2) is 5.33 Å². The molecule has 0 nitrogen and oxygen atoms in total. The van der Waals surface area contributed by atoms with Gasteiger partial charge in [0.15, 0.2) is 0 Å². The van der Waals surface area contributed by atoms with Crippen LogP contribution < -0.4 is 0 Å². The molecule has 0 spiro atoms. The predicted octanol–water partition coefficient (Wildman–Crippen LogP) is 3.84. The second-order valence-corrected chi connectivity index (χ2v) is 5.09. The molecule has 1 aliphatic rings. The van der Waals surface area contributed by atoms with E-state index in [1.165, 1.54) is 24.6 Å². The summed E-state index contributed by atoms with van der Waals surface area (Å²) < 4.78 is 0. The van der Waals surface area contributed by atoms with Gasteiger partial charge in [0.2, 0.25) is 0 Å². The molecule has 1 rings (SSSR count). The Morgan fingerprint density at radius 1 is 1.27 bits per heavy atom. The van der Waals surface area contributed by atoms with Gasteiger partial charge in [-0.15, -0.1) is 0 Å². The monoisotopic (exact) mass is 218 g/mol. The number of alkyl halides is 1. The maximum absolute atomic E-state index is 3.62. The summed E-state index contributed by atoms with van der Waals surface area (Å²) in [4.78, 5) is 0. The molecule has 1 saturated carbocycles. The number of hydrogen-bond donors (Lipinski definition) is 0. The maximum Gasteiger partial charge on any atom is 0.00905 e. The van der Waals surface area contributed by atoms with Crippen molar-refractivity contribution in [3.05, 3.63) is 0 Å². The predicted molar refractivity (Wildman–Crippen MR) is 54.1 cm³/mol. The van der Waals surface area contributed by atoms with Crippen molar-refractivity contribution >= 4 is 15.9 Å². The Kier molecular flexibility index (Phi) is 3.02. The van der Waals surface area contributed by atoms with Crippen LogP contribution in [0, 0.1) is 17.3 Å². The van der Waals surface area contributed by atoms with Crippen molar-refractivity contribution in [1.82, 2.24) is 0 Å². The van der Waals surface area contributed by atoms with Gasteiger partial charge in [-0.3, -0.25) is 0 Å². The average molecular weight is 219 g/mol. The van der Waals surface area contributed by atoms with Crippen LogP contribution in [0.5, 0.6) is 0 Å². The molecule has 1 atom stereocenters. The molecule has 0 aliphatic heterocycles. The van der Waals surface area contributed by atoms with Crippen molar-refractivity contribution in [1.29, 1.82) is 0 Å². The summed E-state index contributed by atoms with van der Waals surface area (Å²) in [5.74, 6) is 1.78. The fraction of sp³-hybridized carbons (Fsp3) is 1.00. The molecule has 0 saturated heterocycles. The van der Waals surface area contributed by atoms with E-state index in [1.807, 2.05) is 0 Å². The van der Waals surface area contributed by atoms with Crippen LogP contribution in [0.1, 0.15) is 40.0 Å². The highest BCUT2D eigenvalue weighted by molar-refractivity contribution is 9.09. The van der Waals surface area contributed by atoms with E-state index < -0.39 is 0 Å². The second-order valence-electron chi connectivity index (χ2n) is 4.53. The fourth-order valence-corrected chi connectivity index (χ4v) is 2.99. The zero-order valence-corrected chi connectivity index (χ0v) is 9.45. The summed E-state index contributed by atoms with van der Waals surface area (Å²) in [7, 11) is 0. The minimum absolute atomic E-state index is 0.699. The molecule has 0 N–H and O–H groups in total. The van der Waals surface area contributed by atoms with Gasteiger partial charge in [0, 0.05) is 5.33 Å². The first-order valence-corrected chi connectivity index (χ1v) is 5.79. The van der Waals surface area contributed by atoms with Gasteiger partial charge in [-0.05, 0) is 36.5 Å². The first-order chi connectivity index (χ1) is 5.10. The summed E-state index contributed by atoms with van der Waals surface area (Å²) in [6.07, 6.45) is 4.30. The molecule has 0 aromatic heterocycles. The third-order valence-electron chi connectivity index (χ3n) is 3.03. The Labute approximate surface area is 78.9 Å². The van der Waals surface area contributed by atoms with Crippen molar-refractivity contribution in [3.63, 3.8) is 0 Å². The van der Waals surface area contributed by atoms with Gasteiger partial charge < -0.3 is 0 Å². The molecule has 1 unspecified atom stereocenters. The van der Waals surface area contributed by atoms with Crippen molar-refractivity contribution in [2.45, 2.75) is 40.0 Å². The maximum atomic E-state index is 3.62. The normalized spacial score (nSPS) is 23.7. The molecule has 11 heavy (non-hydrogen) atoms. The van der Waals surface area contributed by atoms with E-state index in [9.17, 15) is 0 Å². The van der Waals surface area contributed by atoms with Crippen molar-refractivity contribution in [3.8, 4) is 0 Å². The van der Waals surface area contributed by atoms with Crippen molar-refractivity contribution in [2.24, 2.45) is 17.3 Å². The Morgan fingerprint density at radius 3 is 2.09 bits per heavy atom. The quantitative estimate of drug-likeness (QED) is 0.630. The van der Waals surface area contributed by atoms with Gasteiger partial charge in [0.1, 0.15) is 0 Å². The first kappa shape index (κ1) is 9.57. The molecule has 1 aliphatic carbocycles. The van der Waals surface area contributed by atoms with E-state index in [0.717, 1.165) is 11.8 Å². The molecule has 0 aromatic rings. The smallest absolute Gasteiger partial charge is 0.00905 e. The van der Waals surface area contributed by atoms with Crippen molar-refractivity contribution < 1.29 is 0 Å². The first-order valence-electron chi connectivity index (χ1n) is 4.67. The van der Waals surface area contributed by atoms with Gasteiger partial charge in [-0.25, -0.2) is 0 Å². The molecule has 1 heteroatoms. The Morgan fingerprint density at radius 2 is 1.82 bits per heavy atom.